The standard InChI is InChI=1S/C24H27FN6O4.C24H24FN5O4.C4H11NO.C4H8O.2C2H6.CH3NO/c1-12-6-21-22-17(10-31(21)23(32)18(12)11-35-24(33)34)16(9-30(28)8-14(27)3-4-26)15-5-13(2)19(25)7-20(15)29-22;1-3-12(26)7-29(27)8-15-13-4-11(2)18(25)6-19(13)28-21-16(15)9-30-20(21)5-14-17(23(30)32)10-34-24(33)22(14)31;1-3-6-4-5-2;1-2-3-4-5;2*1-2;2-1-3/h5-8H,3-4,9-11,26-28H2,1-2H3,(H,33,34);4-7,22,31H,3,8-10,26-27H2,1-2H3;5H,3-4H2,1-2H3;4H,2-3H2,1H3;2*1-2H3;1H,(H2,2,3)/b14-8-;12-7-;;;;;. The number of hydrogen-bond acceptors (Lipinski definition) is 20. The van der Waals surface area contributed by atoms with E-state index in [0.717, 1.165) is 52.3 Å². The molecule has 1 unspecified atom stereocenters. The van der Waals surface area contributed by atoms with Crippen molar-refractivity contribution in [3.63, 3.8) is 0 Å². The van der Waals surface area contributed by atoms with Crippen LogP contribution in [0.25, 0.3) is 44.6 Å². The number of hydrogen-bond donors (Lipinski definition) is 9. The maximum atomic E-state index is 14.5. The first-order valence-corrected chi connectivity index (χ1v) is 28.4. The minimum atomic E-state index is -1.55. The lowest BCUT2D eigenvalue weighted by molar-refractivity contribution is -0.157. The van der Waals surface area contributed by atoms with E-state index in [-0.39, 0.29) is 79.4 Å². The predicted molar refractivity (Wildman–Crippen MR) is 330 cm³/mol. The SMILES string of the molecule is CC.CC.CC/C(N)=C/N(N)Cc1c2c(nc3cc(F)c(C)cc13)-c1cc3c(c(=O)n1C2)COC(=O)C3O.CCCC=O.CCOCNC.Cc1cc2c(CN(N)/C=C(\N)CCN)c3c(nc2cc1F)-c1cc(C)c(COC(=O)O)c(=O)n1C3.NC=O. The topological polar surface area (TPSA) is 381 Å². The highest BCUT2D eigenvalue weighted by Crippen LogP contribution is 2.40. The van der Waals surface area contributed by atoms with Gasteiger partial charge in [0.25, 0.3) is 11.1 Å². The number of carboxylic acid groups (broad SMARTS) is 1. The Morgan fingerprint density at radius 2 is 1.28 bits per heavy atom. The highest BCUT2D eigenvalue weighted by Gasteiger charge is 2.35. The number of primary amides is 1. The van der Waals surface area contributed by atoms with Crippen LogP contribution in [0, 0.1) is 32.4 Å². The zero-order valence-electron chi connectivity index (χ0n) is 51.5. The molecule has 7 heterocycles. The summed E-state index contributed by atoms with van der Waals surface area (Å²) in [6.45, 7) is 21.1. The number of carbonyl (C=O) groups excluding carboxylic acids is 3. The number of aldehydes is 1. The van der Waals surface area contributed by atoms with E-state index in [2.05, 4.69) is 20.8 Å². The Balaban J connectivity index is 0.000000357. The molecule has 1 amide bonds. The van der Waals surface area contributed by atoms with Crippen LogP contribution < -0.4 is 51.1 Å². The summed E-state index contributed by atoms with van der Waals surface area (Å²) in [5.41, 5.74) is 30.2. The molecule has 0 bridgehead atoms. The number of ether oxygens (including phenoxy) is 3. The van der Waals surface area contributed by atoms with Gasteiger partial charge in [0.05, 0.1) is 77.8 Å². The molecule has 3 aliphatic rings. The van der Waals surface area contributed by atoms with Crippen LogP contribution >= 0.6 is 0 Å². The van der Waals surface area contributed by atoms with Crippen LogP contribution in [-0.2, 0) is 68.0 Å². The molecule has 15 N–H and O–H groups in total. The lowest BCUT2D eigenvalue weighted by Crippen LogP contribution is -2.32. The van der Waals surface area contributed by atoms with Gasteiger partial charge in [-0.25, -0.2) is 40.0 Å². The molecule has 4 aromatic heterocycles. The fraction of sp³-hybridized carbons (Fsp3) is 0.410. The Kier molecular flexibility index (Phi) is 29.3. The van der Waals surface area contributed by atoms with Crippen LogP contribution in [0.15, 0.2) is 69.8 Å². The molecule has 0 radical (unpaired) electrons. The number of aryl methyl sites for hydroxylation is 3. The van der Waals surface area contributed by atoms with E-state index in [0.29, 0.717) is 94.4 Å². The van der Waals surface area contributed by atoms with Gasteiger partial charge in [-0.2, -0.15) is 0 Å². The molecule has 9 rings (SSSR count). The fourth-order valence-corrected chi connectivity index (χ4v) is 9.24. The van der Waals surface area contributed by atoms with E-state index >= 15 is 0 Å². The smallest absolute Gasteiger partial charge is 0.458 e. The molecule has 0 saturated heterocycles. The molecule has 6 aromatic rings. The van der Waals surface area contributed by atoms with Gasteiger partial charge in [0.15, 0.2) is 6.10 Å². The van der Waals surface area contributed by atoms with Crippen LogP contribution in [0.1, 0.15) is 136 Å². The van der Waals surface area contributed by atoms with E-state index in [1.165, 1.54) is 31.3 Å². The number of aromatic nitrogens is 4. The Morgan fingerprint density at radius 3 is 1.70 bits per heavy atom. The molecule has 26 heteroatoms. The molecule has 0 aliphatic carbocycles. The Morgan fingerprint density at radius 1 is 0.782 bits per heavy atom. The molecular formula is C61H85F2N13O11. The summed E-state index contributed by atoms with van der Waals surface area (Å²) in [4.78, 5) is 76.6. The largest absolute Gasteiger partial charge is 0.506 e. The molecule has 1 atom stereocenters. The Hall–Kier alpha value is -8.66. The van der Waals surface area contributed by atoms with Crippen molar-refractivity contribution < 1.29 is 52.4 Å². The molecule has 0 saturated carbocycles. The molecular weight excluding hydrogens is 1130 g/mol. The number of carbonyl (C=O) groups is 4. The monoisotopic (exact) mass is 1210 g/mol. The van der Waals surface area contributed by atoms with Crippen LogP contribution in [0.5, 0.6) is 0 Å². The number of allylic oxidation sites excluding steroid dienone is 1. The molecule has 3 aliphatic heterocycles. The number of unbranched alkanes of at least 4 members (excludes halogenated alkanes) is 1. The first kappa shape index (κ1) is 72.6. The van der Waals surface area contributed by atoms with Crippen molar-refractivity contribution in [3.05, 3.63) is 148 Å². The van der Waals surface area contributed by atoms with Gasteiger partial charge >= 0.3 is 12.1 Å². The average molecular weight is 1210 g/mol. The van der Waals surface area contributed by atoms with Crippen molar-refractivity contribution in [2.24, 2.45) is 34.6 Å². The van der Waals surface area contributed by atoms with Gasteiger partial charge in [0, 0.05) is 82.8 Å². The van der Waals surface area contributed by atoms with Crippen molar-refractivity contribution in [1.82, 2.24) is 34.4 Å². The lowest BCUT2D eigenvalue weighted by atomic mass is 9.97. The quantitative estimate of drug-likeness (QED) is 0.0126. The second-order valence-corrected chi connectivity index (χ2v) is 19.3. The molecule has 474 valence electrons. The maximum Gasteiger partial charge on any atom is 0.506 e. The van der Waals surface area contributed by atoms with E-state index in [4.69, 9.17) is 53.2 Å². The Bertz CT molecular complexity index is 3570. The number of esters is 1. The summed E-state index contributed by atoms with van der Waals surface area (Å²) >= 11 is 0. The van der Waals surface area contributed by atoms with Crippen molar-refractivity contribution >= 4 is 46.6 Å². The van der Waals surface area contributed by atoms with Crippen LogP contribution in [0.2, 0.25) is 0 Å². The van der Waals surface area contributed by atoms with E-state index in [1.807, 2.05) is 55.5 Å². The van der Waals surface area contributed by atoms with Gasteiger partial charge in [0.2, 0.25) is 6.41 Å². The second kappa shape index (κ2) is 35.1. The number of pyridine rings is 4. The number of aliphatic hydroxyl groups is 1. The van der Waals surface area contributed by atoms with Gasteiger partial charge in [-0.15, -0.1) is 0 Å². The lowest BCUT2D eigenvalue weighted by Gasteiger charge is -2.21. The van der Waals surface area contributed by atoms with Gasteiger partial charge in [-0.05, 0) is 106 Å². The minimum Gasteiger partial charge on any atom is -0.458 e. The van der Waals surface area contributed by atoms with Crippen molar-refractivity contribution in [2.45, 2.75) is 140 Å². The van der Waals surface area contributed by atoms with Gasteiger partial charge in [0.1, 0.15) is 31.1 Å². The zero-order valence-corrected chi connectivity index (χ0v) is 51.5. The Labute approximate surface area is 504 Å². The van der Waals surface area contributed by atoms with Crippen LogP contribution in [0.3, 0.4) is 0 Å². The summed E-state index contributed by atoms with van der Waals surface area (Å²) in [7, 11) is 1.86. The predicted octanol–water partition coefficient (Wildman–Crippen LogP) is 6.39. The van der Waals surface area contributed by atoms with Gasteiger partial charge < -0.3 is 71.3 Å². The fourth-order valence-electron chi connectivity index (χ4n) is 9.24. The van der Waals surface area contributed by atoms with E-state index in [1.54, 1.807) is 57.4 Å². The van der Waals surface area contributed by atoms with Crippen molar-refractivity contribution in [2.75, 3.05) is 26.9 Å². The number of halogens is 2. The number of fused-ring (bicyclic) bond motifs is 9. The summed E-state index contributed by atoms with van der Waals surface area (Å²) in [5.74, 6) is 10.9. The van der Waals surface area contributed by atoms with Crippen LogP contribution in [0.4, 0.5) is 13.6 Å². The number of aliphatic hydroxyl groups excluding tert-OH is 1. The third kappa shape index (κ3) is 18.2. The number of amides is 1. The first-order valence-electron chi connectivity index (χ1n) is 28.4. The van der Waals surface area contributed by atoms with E-state index < -0.39 is 24.0 Å². The third-order valence-electron chi connectivity index (χ3n) is 13.4. The van der Waals surface area contributed by atoms with Crippen LogP contribution in [-0.4, -0.2) is 91.1 Å². The van der Waals surface area contributed by atoms with Crippen molar-refractivity contribution in [3.8, 4) is 22.8 Å². The maximum absolute atomic E-state index is 14.5. The number of hydrazine groups is 2. The summed E-state index contributed by atoms with van der Waals surface area (Å²) in [6, 6.07) is 9.53. The average Bonchev–Trinajstić information content (AvgIpc) is 1.65. The number of nitrogens with zero attached hydrogens (tertiary/aromatic N) is 6. The van der Waals surface area contributed by atoms with E-state index in [9.17, 15) is 37.9 Å². The van der Waals surface area contributed by atoms with Crippen molar-refractivity contribution in [1.29, 1.82) is 0 Å². The number of nitrogens with two attached hydrogens (primary N) is 6. The zero-order chi connectivity index (χ0) is 65.4. The molecule has 87 heavy (non-hydrogen) atoms. The highest BCUT2D eigenvalue weighted by molar-refractivity contribution is 5.90. The number of nitrogens with one attached hydrogen (secondary N) is 1. The highest BCUT2D eigenvalue weighted by atomic mass is 19.1. The second-order valence-electron chi connectivity index (χ2n) is 19.3. The summed E-state index contributed by atoms with van der Waals surface area (Å²) in [6.07, 6.45) is 4.20. The third-order valence-corrected chi connectivity index (χ3v) is 13.4. The van der Waals surface area contributed by atoms with Gasteiger partial charge in [-0.3, -0.25) is 19.7 Å². The normalized spacial score (nSPS) is 12.9. The number of benzene rings is 2. The summed E-state index contributed by atoms with van der Waals surface area (Å²) in [5, 5.41) is 26.3. The minimum absolute atomic E-state index is 0.203. The number of rotatable bonds is 16. The number of cyclic esters (lactones) is 1. The summed E-state index contributed by atoms with van der Waals surface area (Å²) < 4.78 is 46.4. The first-order chi connectivity index (χ1) is 41.5. The molecule has 24 nitrogen and oxygen atoms in total. The van der Waals surface area contributed by atoms with Gasteiger partial charge in [-0.1, -0.05) is 41.5 Å². The molecule has 0 fully saturated rings. The molecule has 0 spiro atoms. The molecule has 2 aromatic carbocycles.